The summed E-state index contributed by atoms with van der Waals surface area (Å²) >= 11 is 6.29. The van der Waals surface area contributed by atoms with Crippen molar-refractivity contribution in [1.29, 1.82) is 0 Å². The van der Waals surface area contributed by atoms with E-state index in [-0.39, 0.29) is 11.6 Å². The van der Waals surface area contributed by atoms with Crippen LogP contribution in [0.3, 0.4) is 0 Å². The molecule has 0 atom stereocenters. The fraction of sp³-hybridized carbons (Fsp3) is 0.250. The summed E-state index contributed by atoms with van der Waals surface area (Å²) < 4.78 is 2.12. The van der Waals surface area contributed by atoms with Crippen LogP contribution in [0.4, 0.5) is 10.7 Å². The number of aromatic hydroxyl groups is 2. The molecule has 0 bridgehead atoms. The molecule has 0 spiro atoms. The summed E-state index contributed by atoms with van der Waals surface area (Å²) in [7, 11) is 0. The van der Waals surface area contributed by atoms with Crippen LogP contribution in [-0.2, 0) is 6.54 Å². The van der Waals surface area contributed by atoms with E-state index in [0.29, 0.717) is 21.2 Å². The summed E-state index contributed by atoms with van der Waals surface area (Å²) in [5, 5.41) is 27.8. The lowest BCUT2D eigenvalue weighted by molar-refractivity contribution is 0.421. The Labute approximate surface area is 119 Å². The van der Waals surface area contributed by atoms with Crippen LogP contribution >= 0.6 is 23.6 Å². The van der Waals surface area contributed by atoms with E-state index >= 15 is 0 Å². The van der Waals surface area contributed by atoms with Gasteiger partial charge in [0, 0.05) is 6.54 Å². The normalized spacial score (nSPS) is 11.3. The second-order valence-corrected chi connectivity index (χ2v) is 5.56. The zero-order chi connectivity index (χ0) is 14.0. The summed E-state index contributed by atoms with van der Waals surface area (Å²) in [5.41, 5.74) is 1.33. The van der Waals surface area contributed by atoms with Gasteiger partial charge in [0.2, 0.25) is 10.9 Å². The zero-order valence-electron chi connectivity index (χ0n) is 10.5. The van der Waals surface area contributed by atoms with E-state index in [1.54, 1.807) is 22.8 Å². The second kappa shape index (κ2) is 5.50. The smallest absolute Gasteiger partial charge is 0.232 e. The highest BCUT2D eigenvalue weighted by Crippen LogP contribution is 2.36. The maximum absolute atomic E-state index is 9.90. The molecular weight excluding hydrogens is 282 g/mol. The molecule has 0 unspecified atom stereocenters. The molecule has 0 aliphatic rings. The molecule has 1 heterocycles. The SMILES string of the molecule is CCn1c(O)c(N=Nc2cc(C)ccc2O)sc1=S. The minimum absolute atomic E-state index is 0.00777. The molecule has 5 nitrogen and oxygen atoms in total. The second-order valence-electron chi connectivity index (χ2n) is 3.93. The Morgan fingerprint density at radius 2 is 2.05 bits per heavy atom. The topological polar surface area (TPSA) is 70.1 Å². The summed E-state index contributed by atoms with van der Waals surface area (Å²) in [4.78, 5) is 0. The maximum Gasteiger partial charge on any atom is 0.232 e. The van der Waals surface area contributed by atoms with E-state index in [4.69, 9.17) is 12.2 Å². The third-order valence-electron chi connectivity index (χ3n) is 2.55. The Morgan fingerprint density at radius 1 is 1.32 bits per heavy atom. The molecule has 100 valence electrons. The van der Waals surface area contributed by atoms with Gasteiger partial charge in [-0.3, -0.25) is 4.57 Å². The minimum atomic E-state index is 0.00777. The molecule has 2 rings (SSSR count). The fourth-order valence-corrected chi connectivity index (χ4v) is 2.77. The summed E-state index contributed by atoms with van der Waals surface area (Å²) in [6.45, 7) is 4.36. The van der Waals surface area contributed by atoms with Crippen LogP contribution in [0, 0.1) is 10.9 Å². The number of benzene rings is 1. The summed E-state index contributed by atoms with van der Waals surface area (Å²) in [6.07, 6.45) is 0. The van der Waals surface area contributed by atoms with Gasteiger partial charge in [-0.1, -0.05) is 17.4 Å². The average Bonchev–Trinajstić information content (AvgIpc) is 2.65. The number of hydrogen-bond acceptors (Lipinski definition) is 6. The molecular formula is C12H13N3O2S2. The number of aryl methyl sites for hydroxylation is 1. The highest BCUT2D eigenvalue weighted by atomic mass is 32.1. The van der Waals surface area contributed by atoms with Gasteiger partial charge in [0.05, 0.1) is 0 Å². The van der Waals surface area contributed by atoms with Gasteiger partial charge >= 0.3 is 0 Å². The molecule has 2 aromatic rings. The van der Waals surface area contributed by atoms with Crippen LogP contribution in [0.2, 0.25) is 0 Å². The molecule has 7 heteroatoms. The van der Waals surface area contributed by atoms with Gasteiger partial charge in [-0.25, -0.2) is 0 Å². The quantitative estimate of drug-likeness (QED) is 0.650. The number of aromatic nitrogens is 1. The molecule has 0 aliphatic heterocycles. The minimum Gasteiger partial charge on any atom is -0.506 e. The first-order valence-corrected chi connectivity index (χ1v) is 6.89. The molecule has 19 heavy (non-hydrogen) atoms. The van der Waals surface area contributed by atoms with Crippen molar-refractivity contribution in [2.75, 3.05) is 0 Å². The van der Waals surface area contributed by atoms with E-state index in [9.17, 15) is 10.2 Å². The number of thiazole rings is 1. The van der Waals surface area contributed by atoms with Crippen LogP contribution in [-0.4, -0.2) is 14.8 Å². The van der Waals surface area contributed by atoms with Crippen LogP contribution in [0.15, 0.2) is 28.4 Å². The zero-order valence-corrected chi connectivity index (χ0v) is 12.1. The van der Waals surface area contributed by atoms with Crippen molar-refractivity contribution < 1.29 is 10.2 Å². The van der Waals surface area contributed by atoms with Crippen LogP contribution in [0.5, 0.6) is 11.6 Å². The Balaban J connectivity index is 2.38. The maximum atomic E-state index is 9.90. The van der Waals surface area contributed by atoms with E-state index in [0.717, 1.165) is 5.56 Å². The average molecular weight is 295 g/mol. The lowest BCUT2D eigenvalue weighted by Gasteiger charge is -1.99. The highest BCUT2D eigenvalue weighted by Gasteiger charge is 2.10. The third-order valence-corrected chi connectivity index (χ3v) is 3.87. The molecule has 2 N–H and O–H groups in total. The first-order chi connectivity index (χ1) is 9.02. The molecule has 0 amide bonds. The van der Waals surface area contributed by atoms with Gasteiger partial charge in [-0.15, -0.1) is 10.2 Å². The van der Waals surface area contributed by atoms with Gasteiger partial charge in [0.25, 0.3) is 0 Å². The fourth-order valence-electron chi connectivity index (χ4n) is 1.54. The Bertz CT molecular complexity index is 689. The van der Waals surface area contributed by atoms with Crippen molar-refractivity contribution >= 4 is 34.2 Å². The molecule has 0 saturated carbocycles. The van der Waals surface area contributed by atoms with Gasteiger partial charge in [-0.2, -0.15) is 0 Å². The van der Waals surface area contributed by atoms with Crippen molar-refractivity contribution in [3.8, 4) is 11.6 Å². The number of phenols is 1. The third kappa shape index (κ3) is 2.82. The largest absolute Gasteiger partial charge is 0.506 e. The summed E-state index contributed by atoms with van der Waals surface area (Å²) in [5.74, 6) is 0.0563. The van der Waals surface area contributed by atoms with Gasteiger partial charge in [-0.05, 0) is 43.8 Å². The van der Waals surface area contributed by atoms with Gasteiger partial charge in [0.15, 0.2) is 3.95 Å². The monoisotopic (exact) mass is 295 g/mol. The molecule has 0 saturated heterocycles. The van der Waals surface area contributed by atoms with Crippen molar-refractivity contribution in [2.45, 2.75) is 20.4 Å². The predicted octanol–water partition coefficient (Wildman–Crippen LogP) is 4.43. The van der Waals surface area contributed by atoms with Crippen LogP contribution in [0.25, 0.3) is 0 Å². The van der Waals surface area contributed by atoms with Crippen molar-refractivity contribution in [3.05, 3.63) is 27.7 Å². The van der Waals surface area contributed by atoms with E-state index in [1.807, 2.05) is 13.8 Å². The summed E-state index contributed by atoms with van der Waals surface area (Å²) in [6, 6.07) is 5.05. The Hall–Kier alpha value is -1.73. The van der Waals surface area contributed by atoms with E-state index < -0.39 is 0 Å². The highest BCUT2D eigenvalue weighted by molar-refractivity contribution is 7.73. The number of hydrogen-bond donors (Lipinski definition) is 2. The van der Waals surface area contributed by atoms with Crippen molar-refractivity contribution in [2.24, 2.45) is 10.2 Å². The number of phenolic OH excluding ortho intramolecular Hbond substituents is 1. The molecule has 0 fully saturated rings. The molecule has 0 aliphatic carbocycles. The number of rotatable bonds is 3. The van der Waals surface area contributed by atoms with Crippen LogP contribution < -0.4 is 0 Å². The predicted molar refractivity (Wildman–Crippen MR) is 77.5 cm³/mol. The van der Waals surface area contributed by atoms with E-state index in [1.165, 1.54) is 11.3 Å². The standard InChI is InChI=1S/C12H13N3O2S2/c1-3-15-11(17)10(19-12(15)18)14-13-8-6-7(2)4-5-9(8)16/h4-6,16-17H,3H2,1-2H3. The molecule has 0 radical (unpaired) electrons. The first-order valence-electron chi connectivity index (χ1n) is 5.67. The van der Waals surface area contributed by atoms with Crippen LogP contribution in [0.1, 0.15) is 12.5 Å². The van der Waals surface area contributed by atoms with Crippen molar-refractivity contribution in [1.82, 2.24) is 4.57 Å². The number of nitrogens with zero attached hydrogens (tertiary/aromatic N) is 3. The first kappa shape index (κ1) is 13.7. The molecule has 1 aromatic heterocycles. The van der Waals surface area contributed by atoms with E-state index in [2.05, 4.69) is 10.2 Å². The lowest BCUT2D eigenvalue weighted by atomic mass is 10.2. The number of azo groups is 1. The van der Waals surface area contributed by atoms with Crippen molar-refractivity contribution in [3.63, 3.8) is 0 Å². The Kier molecular flexibility index (Phi) is 3.96. The lowest BCUT2D eigenvalue weighted by Crippen LogP contribution is -1.90. The van der Waals surface area contributed by atoms with Gasteiger partial charge < -0.3 is 10.2 Å². The Morgan fingerprint density at radius 3 is 2.68 bits per heavy atom. The van der Waals surface area contributed by atoms with Gasteiger partial charge in [0.1, 0.15) is 11.4 Å². The molecule has 1 aromatic carbocycles.